The Labute approximate surface area is 133 Å². The third kappa shape index (κ3) is 7.54. The highest BCUT2D eigenvalue weighted by atomic mass is 19.4. The molecule has 23 heavy (non-hydrogen) atoms. The summed E-state index contributed by atoms with van der Waals surface area (Å²) in [5.41, 5.74) is -1.27. The lowest BCUT2D eigenvalue weighted by molar-refractivity contribution is -0.137. The molecule has 0 aliphatic heterocycles. The molecule has 1 aromatic rings. The second-order valence-corrected chi connectivity index (χ2v) is 6.01. The molecular formula is C16H19F3N2O2. The molecule has 0 unspecified atom stereocenters. The lowest BCUT2D eigenvalue weighted by Crippen LogP contribution is -2.37. The number of ether oxygens (including phenoxy) is 1. The fraction of sp³-hybridized carbons (Fsp3) is 0.500. The van der Waals surface area contributed by atoms with Gasteiger partial charge in [-0.1, -0.05) is 11.8 Å². The number of hydrogen-bond donors (Lipinski definition) is 1. The minimum absolute atomic E-state index is 0.171. The molecule has 1 aromatic heterocycles. The first-order valence-corrected chi connectivity index (χ1v) is 6.98. The van der Waals surface area contributed by atoms with Gasteiger partial charge in [-0.15, -0.1) is 0 Å². The Balaban J connectivity index is 2.59. The van der Waals surface area contributed by atoms with E-state index in [4.69, 9.17) is 4.74 Å². The van der Waals surface area contributed by atoms with Crippen molar-refractivity contribution in [3.8, 4) is 11.8 Å². The second kappa shape index (κ2) is 7.36. The van der Waals surface area contributed by atoms with E-state index in [0.717, 1.165) is 12.3 Å². The van der Waals surface area contributed by atoms with Gasteiger partial charge in [0.1, 0.15) is 5.60 Å². The van der Waals surface area contributed by atoms with Crippen LogP contribution in [-0.4, -0.2) is 22.7 Å². The van der Waals surface area contributed by atoms with Crippen LogP contribution in [0.1, 0.15) is 45.2 Å². The van der Waals surface area contributed by atoms with E-state index in [1.165, 1.54) is 6.20 Å². The topological polar surface area (TPSA) is 51.2 Å². The number of carbonyl (C=O) groups excluding carboxylic acids is 1. The lowest BCUT2D eigenvalue weighted by Gasteiger charge is -2.21. The molecule has 0 spiro atoms. The number of carbonyl (C=O) groups is 1. The van der Waals surface area contributed by atoms with Crippen molar-refractivity contribution in [3.63, 3.8) is 0 Å². The van der Waals surface area contributed by atoms with Crippen molar-refractivity contribution < 1.29 is 22.7 Å². The van der Waals surface area contributed by atoms with Crippen molar-refractivity contribution in [2.24, 2.45) is 0 Å². The first-order valence-electron chi connectivity index (χ1n) is 6.98. The van der Waals surface area contributed by atoms with Crippen LogP contribution in [0.3, 0.4) is 0 Å². The van der Waals surface area contributed by atoms with Crippen molar-refractivity contribution in [1.82, 2.24) is 10.3 Å². The molecule has 126 valence electrons. The molecule has 1 heterocycles. The highest BCUT2D eigenvalue weighted by molar-refractivity contribution is 5.68. The van der Waals surface area contributed by atoms with E-state index in [0.29, 0.717) is 0 Å². The molecule has 1 N–H and O–H groups in total. The van der Waals surface area contributed by atoms with E-state index in [2.05, 4.69) is 22.1 Å². The number of pyridine rings is 1. The van der Waals surface area contributed by atoms with Gasteiger partial charge in [-0.05, 0) is 33.8 Å². The summed E-state index contributed by atoms with van der Waals surface area (Å²) >= 11 is 0. The van der Waals surface area contributed by atoms with Gasteiger partial charge in [0.2, 0.25) is 0 Å². The monoisotopic (exact) mass is 328 g/mol. The molecule has 0 radical (unpaired) electrons. The summed E-state index contributed by atoms with van der Waals surface area (Å²) in [6.07, 6.45) is -2.73. The van der Waals surface area contributed by atoms with Gasteiger partial charge >= 0.3 is 12.3 Å². The zero-order chi connectivity index (χ0) is 17.7. The maximum absolute atomic E-state index is 12.5. The Bertz CT molecular complexity index is 610. The first-order chi connectivity index (χ1) is 10.5. The van der Waals surface area contributed by atoms with Crippen LogP contribution in [0.5, 0.6) is 0 Å². The summed E-state index contributed by atoms with van der Waals surface area (Å²) in [5, 5.41) is 2.60. The molecule has 0 bridgehead atoms. The third-order valence-electron chi connectivity index (χ3n) is 2.47. The number of aromatic nitrogens is 1. The summed E-state index contributed by atoms with van der Waals surface area (Å²) in [4.78, 5) is 15.1. The van der Waals surface area contributed by atoms with Crippen LogP contribution < -0.4 is 5.32 Å². The van der Waals surface area contributed by atoms with Gasteiger partial charge < -0.3 is 10.1 Å². The van der Waals surface area contributed by atoms with Crippen molar-refractivity contribution in [2.45, 2.75) is 51.9 Å². The smallest absolute Gasteiger partial charge is 0.417 e. The van der Waals surface area contributed by atoms with Crippen molar-refractivity contribution in [3.05, 3.63) is 29.6 Å². The zero-order valence-electron chi connectivity index (χ0n) is 13.4. The molecule has 1 atom stereocenters. The number of amides is 1. The molecule has 0 saturated heterocycles. The van der Waals surface area contributed by atoms with Crippen LogP contribution in [0.4, 0.5) is 18.0 Å². The standard InChI is InChI=1S/C16H19F3N2O2/c1-11(21-14(22)23-15(2,3)4)6-5-7-12-8-13(10-20-9-12)16(17,18)19/h8-11H,6H2,1-4H3,(H,21,22)/t11-/m0/s1. The van der Waals surface area contributed by atoms with Crippen molar-refractivity contribution >= 4 is 6.09 Å². The summed E-state index contributed by atoms with van der Waals surface area (Å²) < 4.78 is 42.7. The number of rotatable bonds is 2. The second-order valence-electron chi connectivity index (χ2n) is 6.01. The summed E-state index contributed by atoms with van der Waals surface area (Å²) in [6, 6.07) is 0.641. The number of halogens is 3. The molecule has 4 nitrogen and oxygen atoms in total. The van der Waals surface area contributed by atoms with Crippen LogP contribution in [0.2, 0.25) is 0 Å². The fourth-order valence-electron chi connectivity index (χ4n) is 1.53. The van der Waals surface area contributed by atoms with E-state index >= 15 is 0 Å². The minimum Gasteiger partial charge on any atom is -0.444 e. The predicted molar refractivity (Wildman–Crippen MR) is 79.6 cm³/mol. The normalized spacial score (nSPS) is 12.8. The average molecular weight is 328 g/mol. The molecule has 0 saturated carbocycles. The van der Waals surface area contributed by atoms with Gasteiger partial charge in [0.05, 0.1) is 5.56 Å². The number of nitrogens with one attached hydrogen (secondary N) is 1. The predicted octanol–water partition coefficient (Wildman–Crippen LogP) is 3.76. The van der Waals surface area contributed by atoms with Gasteiger partial charge in [-0.2, -0.15) is 13.2 Å². The van der Waals surface area contributed by atoms with Crippen LogP contribution in [0.25, 0.3) is 0 Å². The van der Waals surface area contributed by atoms with Gasteiger partial charge in [0, 0.05) is 30.4 Å². The largest absolute Gasteiger partial charge is 0.444 e. The van der Waals surface area contributed by atoms with Gasteiger partial charge in [-0.3, -0.25) is 4.98 Å². The molecule has 1 rings (SSSR count). The average Bonchev–Trinajstić information content (AvgIpc) is 2.35. The van der Waals surface area contributed by atoms with Crippen LogP contribution >= 0.6 is 0 Å². The molecule has 0 aliphatic carbocycles. The summed E-state index contributed by atoms with van der Waals surface area (Å²) in [5.74, 6) is 5.33. The molecular weight excluding hydrogens is 309 g/mol. The maximum Gasteiger partial charge on any atom is 0.417 e. The number of alkyl carbamates (subject to hydrolysis) is 1. The van der Waals surface area contributed by atoms with E-state index in [9.17, 15) is 18.0 Å². The molecule has 0 aromatic carbocycles. The van der Waals surface area contributed by atoms with E-state index in [1.807, 2.05) is 0 Å². The Morgan fingerprint density at radius 3 is 2.57 bits per heavy atom. The number of alkyl halides is 3. The zero-order valence-corrected chi connectivity index (χ0v) is 13.4. The highest BCUT2D eigenvalue weighted by Crippen LogP contribution is 2.28. The Morgan fingerprint density at radius 1 is 1.35 bits per heavy atom. The van der Waals surface area contributed by atoms with E-state index < -0.39 is 23.4 Å². The van der Waals surface area contributed by atoms with Crippen molar-refractivity contribution in [1.29, 1.82) is 0 Å². The highest BCUT2D eigenvalue weighted by Gasteiger charge is 2.30. The molecule has 7 heteroatoms. The molecule has 0 aliphatic rings. The third-order valence-corrected chi connectivity index (χ3v) is 2.47. The van der Waals surface area contributed by atoms with Crippen molar-refractivity contribution in [2.75, 3.05) is 0 Å². The maximum atomic E-state index is 12.5. The Morgan fingerprint density at radius 2 is 2.00 bits per heavy atom. The van der Waals surface area contributed by atoms with E-state index in [-0.39, 0.29) is 18.0 Å². The summed E-state index contributed by atoms with van der Waals surface area (Å²) in [6.45, 7) is 6.97. The van der Waals surface area contributed by atoms with Crippen LogP contribution in [0.15, 0.2) is 18.5 Å². The SMILES string of the molecule is C[C@@H](CC#Cc1cncc(C(F)(F)F)c1)NC(=O)OC(C)(C)C. The van der Waals surface area contributed by atoms with Gasteiger partial charge in [0.25, 0.3) is 0 Å². The number of hydrogen-bond acceptors (Lipinski definition) is 3. The van der Waals surface area contributed by atoms with Gasteiger partial charge in [-0.25, -0.2) is 4.79 Å². The Hall–Kier alpha value is -2.23. The lowest BCUT2D eigenvalue weighted by atomic mass is 10.2. The molecule has 0 fully saturated rings. The fourth-order valence-corrected chi connectivity index (χ4v) is 1.53. The minimum atomic E-state index is -4.45. The number of nitrogens with zero attached hydrogens (tertiary/aromatic N) is 1. The first kappa shape index (κ1) is 18.8. The molecule has 1 amide bonds. The van der Waals surface area contributed by atoms with Crippen LogP contribution in [-0.2, 0) is 10.9 Å². The van der Waals surface area contributed by atoms with Gasteiger partial charge in [0.15, 0.2) is 0 Å². The Kier molecular flexibility index (Phi) is 6.02. The summed E-state index contributed by atoms with van der Waals surface area (Å²) in [7, 11) is 0. The van der Waals surface area contributed by atoms with E-state index in [1.54, 1.807) is 27.7 Å². The van der Waals surface area contributed by atoms with Crippen LogP contribution in [0, 0.1) is 11.8 Å². The quantitative estimate of drug-likeness (QED) is 0.841.